The monoisotopic (exact) mass is 402 g/mol. The summed E-state index contributed by atoms with van der Waals surface area (Å²) in [4.78, 5) is 20.9. The highest BCUT2D eigenvalue weighted by atomic mass is 32.2. The van der Waals surface area contributed by atoms with Crippen molar-refractivity contribution in [3.8, 4) is 5.75 Å². The quantitative estimate of drug-likeness (QED) is 0.326. The predicted octanol–water partition coefficient (Wildman–Crippen LogP) is 1.22. The molecule has 3 N–H and O–H groups in total. The summed E-state index contributed by atoms with van der Waals surface area (Å²) < 4.78 is 48.5. The molecule has 0 aliphatic heterocycles. The van der Waals surface area contributed by atoms with Crippen molar-refractivity contribution in [2.75, 3.05) is 13.2 Å². The van der Waals surface area contributed by atoms with E-state index >= 15 is 0 Å². The second kappa shape index (κ2) is 9.25. The minimum Gasteiger partial charge on any atom is -0.490 e. The number of nitrogens with two attached hydrogens (primary N) is 1. The Kier molecular flexibility index (Phi) is 7.28. The average molecular weight is 402 g/mol. The molecule has 0 amide bonds. The lowest BCUT2D eigenvalue weighted by Crippen LogP contribution is -2.32. The van der Waals surface area contributed by atoms with E-state index in [1.165, 1.54) is 18.2 Å². The summed E-state index contributed by atoms with van der Waals surface area (Å²) in [7, 11) is -3.87. The molecule has 3 atom stereocenters. The number of benzene rings is 1. The van der Waals surface area contributed by atoms with Gasteiger partial charge in [-0.05, 0) is 55.7 Å². The molecule has 2 unspecified atom stereocenters. The van der Waals surface area contributed by atoms with E-state index in [0.717, 1.165) is 12.8 Å². The van der Waals surface area contributed by atoms with E-state index in [1.54, 1.807) is 6.92 Å². The second-order valence-electron chi connectivity index (χ2n) is 6.54. The minimum absolute atomic E-state index is 0.0488. The van der Waals surface area contributed by atoms with Crippen LogP contribution in [0.1, 0.15) is 37.8 Å². The molecule has 1 aliphatic carbocycles. The molecule has 1 aromatic rings. The molecule has 1 fully saturated rings. The standard InChI is InChI=1S/C17H23FN2O6S/c1-11(20-27(19,23)24)12-2-3-15(18)16(9-12)25-6-4-13-8-14(13)5-7-26-17(22)10-21/h2-3,9-11,13-14,20H,4-8H2,1H3,(H2,19,23,24)/t11-,13?,14?/m0/s1. The van der Waals surface area contributed by atoms with Crippen molar-refractivity contribution in [2.45, 2.75) is 32.2 Å². The largest absolute Gasteiger partial charge is 0.490 e. The topological polar surface area (TPSA) is 125 Å². The van der Waals surface area contributed by atoms with Crippen molar-refractivity contribution in [1.29, 1.82) is 0 Å². The highest BCUT2D eigenvalue weighted by Gasteiger charge is 2.36. The Morgan fingerprint density at radius 1 is 1.37 bits per heavy atom. The maximum Gasteiger partial charge on any atom is 0.371 e. The molecule has 0 radical (unpaired) electrons. The summed E-state index contributed by atoms with van der Waals surface area (Å²) in [6, 6.07) is 3.50. The fraction of sp³-hybridized carbons (Fsp3) is 0.529. The van der Waals surface area contributed by atoms with E-state index in [1.807, 2.05) is 0 Å². The van der Waals surface area contributed by atoms with E-state index < -0.39 is 28.0 Å². The minimum atomic E-state index is -3.87. The highest BCUT2D eigenvalue weighted by Crippen LogP contribution is 2.43. The van der Waals surface area contributed by atoms with Gasteiger partial charge in [-0.15, -0.1) is 0 Å². The first-order valence-electron chi connectivity index (χ1n) is 8.54. The lowest BCUT2D eigenvalue weighted by atomic mass is 10.1. The number of halogens is 1. The molecule has 8 nitrogen and oxygen atoms in total. The third-order valence-corrected chi connectivity index (χ3v) is 5.12. The molecular formula is C17H23FN2O6S. The normalized spacial score (nSPS) is 20.0. The van der Waals surface area contributed by atoms with Crippen molar-refractivity contribution >= 4 is 22.5 Å². The molecule has 10 heteroatoms. The van der Waals surface area contributed by atoms with Crippen molar-refractivity contribution in [1.82, 2.24) is 4.72 Å². The van der Waals surface area contributed by atoms with Crippen LogP contribution in [-0.4, -0.2) is 33.9 Å². The maximum absolute atomic E-state index is 13.9. The molecule has 150 valence electrons. The van der Waals surface area contributed by atoms with E-state index in [4.69, 9.17) is 14.6 Å². The summed E-state index contributed by atoms with van der Waals surface area (Å²) >= 11 is 0. The molecule has 0 bridgehead atoms. The summed E-state index contributed by atoms with van der Waals surface area (Å²) in [6.07, 6.45) is 2.52. The fourth-order valence-corrected chi connectivity index (χ4v) is 3.53. The van der Waals surface area contributed by atoms with Crippen LogP contribution in [0.15, 0.2) is 18.2 Å². The van der Waals surface area contributed by atoms with Crippen LogP contribution in [0.5, 0.6) is 5.75 Å². The third-order valence-electron chi connectivity index (χ3n) is 4.44. The molecule has 1 aliphatic rings. The molecule has 0 aromatic heterocycles. The van der Waals surface area contributed by atoms with Crippen LogP contribution >= 0.6 is 0 Å². The summed E-state index contributed by atoms with van der Waals surface area (Å²) in [5.41, 5.74) is 0.529. The Morgan fingerprint density at radius 3 is 2.67 bits per heavy atom. The number of hydrogen-bond acceptors (Lipinski definition) is 6. The van der Waals surface area contributed by atoms with Crippen molar-refractivity contribution in [2.24, 2.45) is 17.0 Å². The SMILES string of the molecule is C[C@H](NS(N)(=O)=O)c1ccc(F)c(OCCC2CC2CCOC(=O)C=O)c1. The Morgan fingerprint density at radius 2 is 2.04 bits per heavy atom. The first kappa shape index (κ1) is 21.3. The van der Waals surface area contributed by atoms with Crippen LogP contribution in [0.25, 0.3) is 0 Å². The number of hydrogen-bond donors (Lipinski definition) is 2. The van der Waals surface area contributed by atoms with Gasteiger partial charge in [0.15, 0.2) is 11.6 Å². The van der Waals surface area contributed by atoms with E-state index in [2.05, 4.69) is 4.72 Å². The molecule has 27 heavy (non-hydrogen) atoms. The van der Waals surface area contributed by atoms with Crippen LogP contribution in [-0.2, 0) is 24.5 Å². The van der Waals surface area contributed by atoms with Gasteiger partial charge in [-0.1, -0.05) is 6.07 Å². The number of carbonyl (C=O) groups excluding carboxylic acids is 2. The van der Waals surface area contributed by atoms with Crippen LogP contribution in [0.3, 0.4) is 0 Å². The zero-order valence-electron chi connectivity index (χ0n) is 14.9. The number of ether oxygens (including phenoxy) is 2. The van der Waals surface area contributed by atoms with Crippen LogP contribution < -0.4 is 14.6 Å². The smallest absolute Gasteiger partial charge is 0.371 e. The highest BCUT2D eigenvalue weighted by molar-refractivity contribution is 7.87. The zero-order chi connectivity index (χ0) is 20.0. The predicted molar refractivity (Wildman–Crippen MR) is 94.4 cm³/mol. The van der Waals surface area contributed by atoms with E-state index in [0.29, 0.717) is 30.4 Å². The van der Waals surface area contributed by atoms with Gasteiger partial charge < -0.3 is 9.47 Å². The van der Waals surface area contributed by atoms with Crippen molar-refractivity contribution < 1.29 is 31.9 Å². The number of rotatable bonds is 11. The Labute approximate surface area is 157 Å². The Bertz CT molecular complexity index is 786. The number of esters is 1. The van der Waals surface area contributed by atoms with Gasteiger partial charge in [0.25, 0.3) is 10.2 Å². The molecule has 0 saturated heterocycles. The first-order valence-corrected chi connectivity index (χ1v) is 10.1. The van der Waals surface area contributed by atoms with Gasteiger partial charge in [-0.2, -0.15) is 13.1 Å². The lowest BCUT2D eigenvalue weighted by Gasteiger charge is -2.14. The van der Waals surface area contributed by atoms with E-state index in [9.17, 15) is 22.4 Å². The number of aldehydes is 1. The third kappa shape index (κ3) is 7.24. The summed E-state index contributed by atoms with van der Waals surface area (Å²) in [6.45, 7) is 2.12. The van der Waals surface area contributed by atoms with Gasteiger partial charge in [0, 0.05) is 6.04 Å². The van der Waals surface area contributed by atoms with E-state index in [-0.39, 0.29) is 18.6 Å². The summed E-state index contributed by atoms with van der Waals surface area (Å²) in [5, 5.41) is 4.95. The van der Waals surface area contributed by atoms with Crippen LogP contribution in [0.4, 0.5) is 4.39 Å². The fourth-order valence-electron chi connectivity index (χ4n) is 2.90. The lowest BCUT2D eigenvalue weighted by molar-refractivity contribution is -0.148. The van der Waals surface area contributed by atoms with Crippen molar-refractivity contribution in [3.05, 3.63) is 29.6 Å². The molecule has 0 heterocycles. The molecule has 0 spiro atoms. The van der Waals surface area contributed by atoms with Crippen LogP contribution in [0.2, 0.25) is 0 Å². The first-order chi connectivity index (χ1) is 12.7. The molecule has 2 rings (SSSR count). The zero-order valence-corrected chi connectivity index (χ0v) is 15.7. The Hall–Kier alpha value is -2.04. The van der Waals surface area contributed by atoms with Gasteiger partial charge in [0.1, 0.15) is 0 Å². The second-order valence-corrected chi connectivity index (χ2v) is 7.87. The average Bonchev–Trinajstić information content (AvgIpc) is 3.33. The molecule has 1 saturated carbocycles. The van der Waals surface area contributed by atoms with Gasteiger partial charge >= 0.3 is 5.97 Å². The number of carbonyl (C=O) groups is 2. The van der Waals surface area contributed by atoms with Crippen molar-refractivity contribution in [3.63, 3.8) is 0 Å². The maximum atomic E-state index is 13.9. The van der Waals surface area contributed by atoms with Gasteiger partial charge in [0.2, 0.25) is 6.29 Å². The number of nitrogens with one attached hydrogen (secondary N) is 1. The van der Waals surface area contributed by atoms with Gasteiger partial charge in [-0.25, -0.2) is 14.3 Å². The summed E-state index contributed by atoms with van der Waals surface area (Å²) in [5.74, 6) is -0.531. The van der Waals surface area contributed by atoms with Gasteiger partial charge in [-0.3, -0.25) is 4.79 Å². The molecule has 1 aromatic carbocycles. The Balaban J connectivity index is 1.77. The van der Waals surface area contributed by atoms with Gasteiger partial charge in [0.05, 0.1) is 13.2 Å². The van der Waals surface area contributed by atoms with Crippen LogP contribution in [0, 0.1) is 17.7 Å². The molecular weight excluding hydrogens is 379 g/mol.